The molecule has 2 aromatic carbocycles. The van der Waals surface area contributed by atoms with Crippen molar-refractivity contribution in [2.24, 2.45) is 4.74 Å². The summed E-state index contributed by atoms with van der Waals surface area (Å²) in [5.74, 6) is 0.856. The highest BCUT2D eigenvalue weighted by Gasteiger charge is 2.41. The van der Waals surface area contributed by atoms with Crippen LogP contribution in [0.2, 0.25) is 0 Å². The first kappa shape index (κ1) is 19.2. The van der Waals surface area contributed by atoms with Crippen molar-refractivity contribution in [2.75, 3.05) is 20.2 Å². The van der Waals surface area contributed by atoms with Crippen molar-refractivity contribution in [3.63, 3.8) is 0 Å². The van der Waals surface area contributed by atoms with Gasteiger partial charge < -0.3 is 4.74 Å². The molecule has 1 fully saturated rings. The lowest BCUT2D eigenvalue weighted by Crippen LogP contribution is -2.39. The number of rotatable bonds is 4. The smallest absolute Gasteiger partial charge is 0.144 e. The van der Waals surface area contributed by atoms with Crippen LogP contribution in [0.25, 0.3) is 0 Å². The largest absolute Gasteiger partial charge is 0.494 e. The summed E-state index contributed by atoms with van der Waals surface area (Å²) in [6.07, 6.45) is 3.84. The van der Waals surface area contributed by atoms with E-state index in [1.807, 2.05) is 12.1 Å². The summed E-state index contributed by atoms with van der Waals surface area (Å²) in [6.45, 7) is 9.29. The SMILES string of the molecule is COc1ccccc1N=[P@](c1ccccc1)(N1CCCCC1)C(C)(C)C. The highest BCUT2D eigenvalue weighted by molar-refractivity contribution is 7.73. The number of hydrogen-bond acceptors (Lipinski definition) is 2. The van der Waals surface area contributed by atoms with E-state index in [2.05, 4.69) is 67.9 Å². The van der Waals surface area contributed by atoms with Gasteiger partial charge in [0.25, 0.3) is 0 Å². The maximum Gasteiger partial charge on any atom is 0.144 e. The molecule has 1 heterocycles. The Morgan fingerprint density at radius 1 is 0.885 bits per heavy atom. The number of piperidine rings is 1. The molecule has 0 aromatic heterocycles. The summed E-state index contributed by atoms with van der Waals surface area (Å²) in [4.78, 5) is 0. The van der Waals surface area contributed by atoms with Gasteiger partial charge in [0.05, 0.1) is 14.3 Å². The molecule has 0 spiro atoms. The van der Waals surface area contributed by atoms with Crippen LogP contribution in [-0.2, 0) is 0 Å². The van der Waals surface area contributed by atoms with Gasteiger partial charge >= 0.3 is 0 Å². The third-order valence-corrected chi connectivity index (χ3v) is 9.74. The summed E-state index contributed by atoms with van der Waals surface area (Å²) >= 11 is 0. The average molecular weight is 370 g/mol. The number of nitrogens with zero attached hydrogens (tertiary/aromatic N) is 2. The van der Waals surface area contributed by atoms with Crippen LogP contribution in [0.1, 0.15) is 40.0 Å². The molecule has 140 valence electrons. The van der Waals surface area contributed by atoms with Gasteiger partial charge in [0.2, 0.25) is 0 Å². The van der Waals surface area contributed by atoms with Crippen molar-refractivity contribution in [2.45, 2.75) is 45.2 Å². The van der Waals surface area contributed by atoms with Gasteiger partial charge in [-0.2, -0.15) is 0 Å². The van der Waals surface area contributed by atoms with Gasteiger partial charge in [0, 0.05) is 23.6 Å². The van der Waals surface area contributed by atoms with Crippen LogP contribution in [0, 0.1) is 0 Å². The van der Waals surface area contributed by atoms with Gasteiger partial charge in [-0.15, -0.1) is 0 Å². The summed E-state index contributed by atoms with van der Waals surface area (Å²) in [5.41, 5.74) is 0.965. The summed E-state index contributed by atoms with van der Waals surface area (Å²) in [6, 6.07) is 19.1. The molecule has 0 radical (unpaired) electrons. The summed E-state index contributed by atoms with van der Waals surface area (Å²) in [5, 5.41) is 1.40. The molecule has 0 bridgehead atoms. The molecule has 1 aliphatic heterocycles. The molecule has 1 atom stereocenters. The van der Waals surface area contributed by atoms with Crippen LogP contribution >= 0.6 is 7.21 Å². The van der Waals surface area contributed by atoms with Gasteiger partial charge in [0.1, 0.15) is 11.4 Å². The second-order valence-electron chi connectivity index (χ2n) is 7.89. The molecule has 0 saturated carbocycles. The van der Waals surface area contributed by atoms with E-state index >= 15 is 0 Å². The Kier molecular flexibility index (Phi) is 5.89. The maximum absolute atomic E-state index is 5.63. The second kappa shape index (κ2) is 7.98. The summed E-state index contributed by atoms with van der Waals surface area (Å²) in [7, 11) is -0.260. The molecular formula is C22H31N2OP. The van der Waals surface area contributed by atoms with Crippen LogP contribution < -0.4 is 10.0 Å². The van der Waals surface area contributed by atoms with Crippen LogP contribution in [0.3, 0.4) is 0 Å². The third-order valence-electron chi connectivity index (χ3n) is 5.13. The van der Waals surface area contributed by atoms with Gasteiger partial charge in [-0.05, 0) is 25.0 Å². The standard InChI is InChI=1S/C22H31N2OP/c1-22(2,3)26(19-13-7-5-8-14-19,24-17-11-6-12-18-24)23-20-15-9-10-16-21(20)25-4/h5,7-10,13-16H,6,11-12,17-18H2,1-4H3/t26-/m1/s1. The van der Waals surface area contributed by atoms with E-state index in [0.717, 1.165) is 24.5 Å². The number of para-hydroxylation sites is 1. The first-order chi connectivity index (χ1) is 12.5. The number of methoxy groups -OCH3 is 1. The minimum atomic E-state index is -1.99. The van der Waals surface area contributed by atoms with Crippen molar-refractivity contribution in [1.29, 1.82) is 0 Å². The first-order valence-electron chi connectivity index (χ1n) is 9.55. The number of ether oxygens (including phenoxy) is 1. The van der Waals surface area contributed by atoms with Crippen LogP contribution in [0.5, 0.6) is 5.75 Å². The molecule has 1 aliphatic rings. The zero-order valence-electron chi connectivity index (χ0n) is 16.5. The minimum absolute atomic E-state index is 0.0343. The van der Waals surface area contributed by atoms with Gasteiger partial charge in [-0.1, -0.05) is 69.7 Å². The van der Waals surface area contributed by atoms with Crippen molar-refractivity contribution >= 4 is 18.2 Å². The van der Waals surface area contributed by atoms with Crippen LogP contribution in [0.15, 0.2) is 59.3 Å². The van der Waals surface area contributed by atoms with Crippen LogP contribution in [-0.4, -0.2) is 30.0 Å². The highest BCUT2D eigenvalue weighted by Crippen LogP contribution is 2.65. The van der Waals surface area contributed by atoms with Gasteiger partial charge in [-0.3, -0.25) is 4.67 Å². The Hall–Kier alpha value is -1.57. The quantitative estimate of drug-likeness (QED) is 0.612. The first-order valence-corrected chi connectivity index (χ1v) is 11.2. The Morgan fingerprint density at radius 3 is 2.12 bits per heavy atom. The fourth-order valence-electron chi connectivity index (χ4n) is 3.92. The van der Waals surface area contributed by atoms with Gasteiger partial charge in [-0.25, -0.2) is 4.74 Å². The Morgan fingerprint density at radius 2 is 1.50 bits per heavy atom. The van der Waals surface area contributed by atoms with E-state index < -0.39 is 7.21 Å². The van der Waals surface area contributed by atoms with Crippen molar-refractivity contribution in [3.05, 3.63) is 54.6 Å². The molecule has 0 unspecified atom stereocenters. The predicted octanol–water partition coefficient (Wildman–Crippen LogP) is 6.05. The Balaban J connectivity index is 2.31. The average Bonchev–Trinajstić information content (AvgIpc) is 2.67. The third kappa shape index (κ3) is 3.61. The van der Waals surface area contributed by atoms with E-state index in [0.29, 0.717) is 0 Å². The van der Waals surface area contributed by atoms with E-state index in [4.69, 9.17) is 9.48 Å². The molecular weight excluding hydrogens is 339 g/mol. The van der Waals surface area contributed by atoms with Crippen LogP contribution in [0.4, 0.5) is 5.69 Å². The lowest BCUT2D eigenvalue weighted by molar-refractivity contribution is 0.361. The monoisotopic (exact) mass is 370 g/mol. The molecule has 3 nitrogen and oxygen atoms in total. The molecule has 2 aromatic rings. The number of benzene rings is 2. The molecule has 1 saturated heterocycles. The Labute approximate surface area is 158 Å². The second-order valence-corrected chi connectivity index (χ2v) is 11.7. The molecule has 26 heavy (non-hydrogen) atoms. The van der Waals surface area contributed by atoms with Crippen molar-refractivity contribution in [3.8, 4) is 5.75 Å². The van der Waals surface area contributed by atoms with E-state index in [1.165, 1.54) is 24.6 Å². The fourth-order valence-corrected chi connectivity index (χ4v) is 8.34. The lowest BCUT2D eigenvalue weighted by atomic mass is 10.2. The van der Waals surface area contributed by atoms with E-state index in [9.17, 15) is 0 Å². The molecule has 0 aliphatic carbocycles. The molecule has 3 rings (SSSR count). The number of hydrogen-bond donors (Lipinski definition) is 0. The fraction of sp³-hybridized carbons (Fsp3) is 0.455. The minimum Gasteiger partial charge on any atom is -0.494 e. The molecule has 0 N–H and O–H groups in total. The Bertz CT molecular complexity index is 774. The van der Waals surface area contributed by atoms with Crippen molar-refractivity contribution in [1.82, 2.24) is 4.67 Å². The zero-order chi connectivity index (χ0) is 18.6. The van der Waals surface area contributed by atoms with Gasteiger partial charge in [0.15, 0.2) is 0 Å². The zero-order valence-corrected chi connectivity index (χ0v) is 17.4. The lowest BCUT2D eigenvalue weighted by Gasteiger charge is -2.47. The summed E-state index contributed by atoms with van der Waals surface area (Å²) < 4.78 is 13.9. The normalized spacial score (nSPS) is 18.2. The van der Waals surface area contributed by atoms with E-state index in [1.54, 1.807) is 7.11 Å². The maximum atomic E-state index is 5.63. The highest BCUT2D eigenvalue weighted by atomic mass is 31.2. The topological polar surface area (TPSA) is 24.8 Å². The van der Waals surface area contributed by atoms with E-state index in [-0.39, 0.29) is 5.16 Å². The van der Waals surface area contributed by atoms with Crippen molar-refractivity contribution < 1.29 is 4.74 Å². The predicted molar refractivity (Wildman–Crippen MR) is 113 cm³/mol. The molecule has 4 heteroatoms. The molecule has 0 amide bonds.